The number of hydrogen-bond donors (Lipinski definition) is 0. The molecule has 0 N–H and O–H groups in total. The Morgan fingerprint density at radius 3 is 2.44 bits per heavy atom. The first kappa shape index (κ1) is 13.3. The minimum Gasteiger partial charge on any atom is -0.232 e. The summed E-state index contributed by atoms with van der Waals surface area (Å²) in [6, 6.07) is 7.60. The minimum absolute atomic E-state index is 0.237. The highest BCUT2D eigenvalue weighted by Crippen LogP contribution is 2.28. The van der Waals surface area contributed by atoms with Crippen LogP contribution in [0.5, 0.6) is 0 Å². The van der Waals surface area contributed by atoms with Crippen molar-refractivity contribution in [2.24, 2.45) is 0 Å². The third-order valence-electron chi connectivity index (χ3n) is 2.72. The molecule has 2 rings (SSSR count). The van der Waals surface area contributed by atoms with E-state index in [4.69, 9.17) is 23.2 Å². The molecule has 0 radical (unpaired) electrons. The highest BCUT2D eigenvalue weighted by Gasteiger charge is 2.13. The average molecular weight is 281 g/mol. The predicted molar refractivity (Wildman–Crippen MR) is 76.3 cm³/mol. The zero-order chi connectivity index (χ0) is 13.3. The fourth-order valence-electron chi connectivity index (χ4n) is 1.68. The quantitative estimate of drug-likeness (QED) is 0.733. The van der Waals surface area contributed by atoms with E-state index >= 15 is 0 Å². The van der Waals surface area contributed by atoms with Gasteiger partial charge in [-0.15, -0.1) is 0 Å². The Hall–Kier alpha value is -1.12. The third-order valence-corrected chi connectivity index (χ3v) is 3.32. The van der Waals surface area contributed by atoms with E-state index in [0.29, 0.717) is 10.2 Å². The average Bonchev–Trinajstić information content (AvgIpc) is 2.32. The van der Waals surface area contributed by atoms with Gasteiger partial charge in [0.1, 0.15) is 11.0 Å². The number of rotatable bonds is 2. The summed E-state index contributed by atoms with van der Waals surface area (Å²) < 4.78 is 0. The van der Waals surface area contributed by atoms with Crippen molar-refractivity contribution in [3.8, 4) is 11.3 Å². The summed E-state index contributed by atoms with van der Waals surface area (Å²) in [5, 5.41) is 1.19. The van der Waals surface area contributed by atoms with E-state index in [0.717, 1.165) is 22.6 Å². The van der Waals surface area contributed by atoms with Crippen LogP contribution in [0.2, 0.25) is 10.2 Å². The SMILES string of the molecule is Cc1c(Cl)nc(C(C)C)nc1-c1cccc(Cl)c1. The van der Waals surface area contributed by atoms with Gasteiger partial charge >= 0.3 is 0 Å². The van der Waals surface area contributed by atoms with E-state index in [9.17, 15) is 0 Å². The Morgan fingerprint density at radius 2 is 1.83 bits per heavy atom. The fourth-order valence-corrected chi connectivity index (χ4v) is 2.05. The van der Waals surface area contributed by atoms with Crippen LogP contribution in [0.1, 0.15) is 31.2 Å². The number of benzene rings is 1. The minimum atomic E-state index is 0.237. The van der Waals surface area contributed by atoms with Crippen LogP contribution in [0.25, 0.3) is 11.3 Å². The summed E-state index contributed by atoms with van der Waals surface area (Å²) in [5.74, 6) is 0.988. The van der Waals surface area contributed by atoms with E-state index in [-0.39, 0.29) is 5.92 Å². The van der Waals surface area contributed by atoms with Crippen LogP contribution in [-0.2, 0) is 0 Å². The Bertz CT molecular complexity index is 580. The van der Waals surface area contributed by atoms with Gasteiger partial charge in [0, 0.05) is 22.1 Å². The molecule has 0 aliphatic rings. The number of aromatic nitrogens is 2. The van der Waals surface area contributed by atoms with Gasteiger partial charge in [0.15, 0.2) is 0 Å². The zero-order valence-corrected chi connectivity index (χ0v) is 12.0. The van der Waals surface area contributed by atoms with Crippen molar-refractivity contribution in [3.63, 3.8) is 0 Å². The second-order valence-corrected chi connectivity index (χ2v) is 5.31. The highest BCUT2D eigenvalue weighted by molar-refractivity contribution is 6.31. The first-order chi connectivity index (χ1) is 8.49. The first-order valence-corrected chi connectivity index (χ1v) is 6.54. The summed E-state index contributed by atoms with van der Waals surface area (Å²) in [7, 11) is 0. The second kappa shape index (κ2) is 5.25. The summed E-state index contributed by atoms with van der Waals surface area (Å²) in [6.07, 6.45) is 0. The van der Waals surface area contributed by atoms with E-state index in [1.807, 2.05) is 45.0 Å². The Kier molecular flexibility index (Phi) is 3.88. The van der Waals surface area contributed by atoms with Crippen molar-refractivity contribution in [3.05, 3.63) is 45.8 Å². The number of nitrogens with zero attached hydrogens (tertiary/aromatic N) is 2. The van der Waals surface area contributed by atoms with Crippen molar-refractivity contribution in [2.45, 2.75) is 26.7 Å². The molecule has 1 heterocycles. The molecule has 4 heteroatoms. The molecule has 1 aromatic carbocycles. The molecule has 0 saturated carbocycles. The lowest BCUT2D eigenvalue weighted by atomic mass is 10.1. The zero-order valence-electron chi connectivity index (χ0n) is 10.5. The van der Waals surface area contributed by atoms with Gasteiger partial charge in [-0.1, -0.05) is 49.2 Å². The van der Waals surface area contributed by atoms with Crippen LogP contribution in [-0.4, -0.2) is 9.97 Å². The van der Waals surface area contributed by atoms with Gasteiger partial charge in [0.2, 0.25) is 0 Å². The summed E-state index contributed by atoms with van der Waals surface area (Å²) in [5.41, 5.74) is 2.69. The maximum Gasteiger partial charge on any atom is 0.136 e. The van der Waals surface area contributed by atoms with Gasteiger partial charge in [-0.25, -0.2) is 9.97 Å². The van der Waals surface area contributed by atoms with Crippen LogP contribution in [0, 0.1) is 6.92 Å². The summed E-state index contributed by atoms with van der Waals surface area (Å²) >= 11 is 12.2. The van der Waals surface area contributed by atoms with Gasteiger partial charge in [-0.2, -0.15) is 0 Å². The molecule has 0 aliphatic carbocycles. The molecule has 0 saturated heterocycles. The smallest absolute Gasteiger partial charge is 0.136 e. The van der Waals surface area contributed by atoms with Crippen LogP contribution < -0.4 is 0 Å². The molecular formula is C14H14Cl2N2. The second-order valence-electron chi connectivity index (χ2n) is 4.51. The normalized spacial score (nSPS) is 11.0. The van der Waals surface area contributed by atoms with Gasteiger partial charge in [-0.05, 0) is 19.1 Å². The summed E-state index contributed by atoms with van der Waals surface area (Å²) in [4.78, 5) is 8.89. The summed E-state index contributed by atoms with van der Waals surface area (Å²) in [6.45, 7) is 6.01. The molecule has 0 amide bonds. The van der Waals surface area contributed by atoms with Crippen LogP contribution in [0.15, 0.2) is 24.3 Å². The molecule has 2 nitrogen and oxygen atoms in total. The monoisotopic (exact) mass is 280 g/mol. The molecule has 0 unspecified atom stereocenters. The molecule has 0 bridgehead atoms. The molecule has 18 heavy (non-hydrogen) atoms. The molecule has 2 aromatic rings. The third kappa shape index (κ3) is 2.65. The van der Waals surface area contributed by atoms with Gasteiger partial charge < -0.3 is 0 Å². The topological polar surface area (TPSA) is 25.8 Å². The van der Waals surface area contributed by atoms with Crippen molar-refractivity contribution in [1.29, 1.82) is 0 Å². The van der Waals surface area contributed by atoms with E-state index in [1.165, 1.54) is 0 Å². The van der Waals surface area contributed by atoms with Crippen molar-refractivity contribution < 1.29 is 0 Å². The number of halogens is 2. The number of hydrogen-bond acceptors (Lipinski definition) is 2. The molecule has 94 valence electrons. The van der Waals surface area contributed by atoms with Crippen LogP contribution in [0.3, 0.4) is 0 Å². The lowest BCUT2D eigenvalue weighted by Gasteiger charge is -2.11. The molecule has 0 aliphatic heterocycles. The van der Waals surface area contributed by atoms with Crippen LogP contribution >= 0.6 is 23.2 Å². The maximum atomic E-state index is 6.17. The van der Waals surface area contributed by atoms with Crippen molar-refractivity contribution in [1.82, 2.24) is 9.97 Å². The van der Waals surface area contributed by atoms with Gasteiger partial charge in [-0.3, -0.25) is 0 Å². The van der Waals surface area contributed by atoms with Gasteiger partial charge in [0.25, 0.3) is 0 Å². The largest absolute Gasteiger partial charge is 0.232 e. The Morgan fingerprint density at radius 1 is 1.11 bits per heavy atom. The van der Waals surface area contributed by atoms with Gasteiger partial charge in [0.05, 0.1) is 5.69 Å². The Balaban J connectivity index is 2.63. The van der Waals surface area contributed by atoms with Crippen molar-refractivity contribution >= 4 is 23.2 Å². The molecule has 0 atom stereocenters. The lowest BCUT2D eigenvalue weighted by molar-refractivity contribution is 0.773. The standard InChI is InChI=1S/C14H14Cl2N2/c1-8(2)14-17-12(9(3)13(16)18-14)10-5-4-6-11(15)7-10/h4-8H,1-3H3. The van der Waals surface area contributed by atoms with Crippen LogP contribution in [0.4, 0.5) is 0 Å². The fraction of sp³-hybridized carbons (Fsp3) is 0.286. The van der Waals surface area contributed by atoms with E-state index in [2.05, 4.69) is 9.97 Å². The molecular weight excluding hydrogens is 267 g/mol. The van der Waals surface area contributed by atoms with E-state index in [1.54, 1.807) is 0 Å². The van der Waals surface area contributed by atoms with E-state index < -0.39 is 0 Å². The predicted octanol–water partition coefficient (Wildman–Crippen LogP) is 4.88. The highest BCUT2D eigenvalue weighted by atomic mass is 35.5. The van der Waals surface area contributed by atoms with Crippen molar-refractivity contribution in [2.75, 3.05) is 0 Å². The lowest BCUT2D eigenvalue weighted by Crippen LogP contribution is -2.02. The maximum absolute atomic E-state index is 6.17. The molecule has 1 aromatic heterocycles. The first-order valence-electron chi connectivity index (χ1n) is 5.79. The molecule has 0 fully saturated rings. The molecule has 0 spiro atoms. The Labute approximate surface area is 117 Å².